The third-order valence-corrected chi connectivity index (χ3v) is 8.17. The molecule has 0 radical (unpaired) electrons. The number of rotatable bonds is 10. The van der Waals surface area contributed by atoms with Crippen molar-refractivity contribution in [1.29, 1.82) is 0 Å². The van der Waals surface area contributed by atoms with E-state index in [2.05, 4.69) is 36.4 Å². The SMILES string of the molecule is CCCC1=C([C@H](O)CC/C(=C/c2cc(I)c(O)c(OC)c2)CC)[C@H](CO)[C@@H]2C(=O)N(C)C(=O)[C@@H]2C1. The summed E-state index contributed by atoms with van der Waals surface area (Å²) in [6, 6.07) is 3.67. The second kappa shape index (κ2) is 11.9. The normalized spacial score (nSPS) is 23.7. The van der Waals surface area contributed by atoms with Gasteiger partial charge < -0.3 is 20.1 Å². The number of hydrogen-bond acceptors (Lipinski definition) is 6. The number of allylic oxidation sites excluding steroid dienone is 2. The van der Waals surface area contributed by atoms with Crippen molar-refractivity contribution in [3.8, 4) is 11.5 Å². The van der Waals surface area contributed by atoms with Crippen LogP contribution in [0.5, 0.6) is 11.5 Å². The lowest BCUT2D eigenvalue weighted by molar-refractivity contribution is -0.138. The van der Waals surface area contributed by atoms with Crippen molar-refractivity contribution in [1.82, 2.24) is 4.90 Å². The zero-order valence-corrected chi connectivity index (χ0v) is 23.0. The molecular formula is C27H36INO6. The maximum Gasteiger partial charge on any atom is 0.233 e. The van der Waals surface area contributed by atoms with Crippen LogP contribution >= 0.6 is 22.6 Å². The van der Waals surface area contributed by atoms with Gasteiger partial charge in [-0.15, -0.1) is 0 Å². The molecule has 1 heterocycles. The number of methoxy groups -OCH3 is 1. The number of halogens is 1. The molecule has 0 spiro atoms. The highest BCUT2D eigenvalue weighted by atomic mass is 127. The number of phenols is 1. The average Bonchev–Trinajstić information content (AvgIpc) is 3.06. The lowest BCUT2D eigenvalue weighted by Crippen LogP contribution is -2.39. The van der Waals surface area contributed by atoms with Crippen molar-refractivity contribution < 1.29 is 29.6 Å². The quantitative estimate of drug-likeness (QED) is 0.211. The van der Waals surface area contributed by atoms with E-state index >= 15 is 0 Å². The molecule has 3 N–H and O–H groups in total. The second-order valence-corrected chi connectivity index (χ2v) is 10.6. The molecule has 2 aliphatic rings. The van der Waals surface area contributed by atoms with Crippen LogP contribution in [0.15, 0.2) is 28.9 Å². The van der Waals surface area contributed by atoms with Gasteiger partial charge >= 0.3 is 0 Å². The van der Waals surface area contributed by atoms with Gasteiger partial charge in [0.1, 0.15) is 0 Å². The van der Waals surface area contributed by atoms with Gasteiger partial charge in [0, 0.05) is 13.0 Å². The van der Waals surface area contributed by atoms with Crippen LogP contribution in [-0.2, 0) is 9.59 Å². The number of aliphatic hydroxyl groups is 2. The number of imide groups is 1. The lowest BCUT2D eigenvalue weighted by atomic mass is 9.67. The van der Waals surface area contributed by atoms with E-state index in [1.165, 1.54) is 19.1 Å². The van der Waals surface area contributed by atoms with Crippen LogP contribution in [0.1, 0.15) is 57.9 Å². The van der Waals surface area contributed by atoms with E-state index in [0.29, 0.717) is 28.6 Å². The molecule has 3 rings (SSSR count). The van der Waals surface area contributed by atoms with E-state index in [9.17, 15) is 24.9 Å². The zero-order chi connectivity index (χ0) is 25.9. The Kier molecular flexibility index (Phi) is 9.40. The number of phenolic OH excluding ortho intramolecular Hbond substituents is 1. The van der Waals surface area contributed by atoms with E-state index in [-0.39, 0.29) is 24.2 Å². The van der Waals surface area contributed by atoms with Crippen LogP contribution in [-0.4, -0.2) is 58.9 Å². The number of benzene rings is 1. The summed E-state index contributed by atoms with van der Waals surface area (Å²) in [5.74, 6) is -1.50. The number of carbonyl (C=O) groups excluding carboxylic acids is 2. The molecule has 0 bridgehead atoms. The molecule has 1 aliphatic heterocycles. The van der Waals surface area contributed by atoms with Gasteiger partial charge in [0.2, 0.25) is 11.8 Å². The van der Waals surface area contributed by atoms with Crippen molar-refractivity contribution in [2.45, 2.75) is 58.5 Å². The highest BCUT2D eigenvalue weighted by Gasteiger charge is 2.53. The first-order valence-corrected chi connectivity index (χ1v) is 13.3. The van der Waals surface area contributed by atoms with Crippen LogP contribution in [0.25, 0.3) is 6.08 Å². The number of carbonyl (C=O) groups is 2. The fourth-order valence-corrected chi connectivity index (χ4v) is 6.18. The molecule has 35 heavy (non-hydrogen) atoms. The smallest absolute Gasteiger partial charge is 0.233 e. The Hall–Kier alpha value is -1.91. The highest BCUT2D eigenvalue weighted by molar-refractivity contribution is 14.1. The van der Waals surface area contributed by atoms with Crippen LogP contribution in [0.4, 0.5) is 0 Å². The van der Waals surface area contributed by atoms with Gasteiger partial charge in [-0.1, -0.05) is 37.5 Å². The molecule has 1 aromatic rings. The van der Waals surface area contributed by atoms with Crippen LogP contribution in [0.3, 0.4) is 0 Å². The topological polar surface area (TPSA) is 107 Å². The Balaban J connectivity index is 1.85. The summed E-state index contributed by atoms with van der Waals surface area (Å²) in [7, 11) is 3.02. The van der Waals surface area contributed by atoms with Gasteiger partial charge in [-0.05, 0) is 78.0 Å². The predicted octanol–water partition coefficient (Wildman–Crippen LogP) is 4.28. The van der Waals surface area contributed by atoms with Crippen molar-refractivity contribution in [3.05, 3.63) is 38.0 Å². The largest absolute Gasteiger partial charge is 0.504 e. The Morgan fingerprint density at radius 3 is 2.60 bits per heavy atom. The minimum absolute atomic E-state index is 0.116. The third kappa shape index (κ3) is 5.59. The molecule has 8 heteroatoms. The molecule has 0 saturated carbocycles. The minimum atomic E-state index is -0.798. The first kappa shape index (κ1) is 27.7. The molecule has 0 unspecified atom stereocenters. The first-order valence-electron chi connectivity index (χ1n) is 12.3. The number of nitrogens with zero attached hydrogens (tertiary/aromatic N) is 1. The number of aromatic hydroxyl groups is 1. The summed E-state index contributed by atoms with van der Waals surface area (Å²) >= 11 is 2.07. The third-order valence-electron chi connectivity index (χ3n) is 7.35. The molecule has 4 atom stereocenters. The van der Waals surface area contributed by atoms with Gasteiger partial charge in [0.25, 0.3) is 0 Å². The van der Waals surface area contributed by atoms with Gasteiger partial charge in [0.15, 0.2) is 11.5 Å². The van der Waals surface area contributed by atoms with Crippen LogP contribution < -0.4 is 4.74 Å². The van der Waals surface area contributed by atoms with Crippen LogP contribution in [0.2, 0.25) is 0 Å². The minimum Gasteiger partial charge on any atom is -0.504 e. The van der Waals surface area contributed by atoms with E-state index in [0.717, 1.165) is 41.5 Å². The summed E-state index contributed by atoms with van der Waals surface area (Å²) < 4.78 is 5.96. The summed E-state index contributed by atoms with van der Waals surface area (Å²) in [5.41, 5.74) is 3.81. The maximum atomic E-state index is 12.8. The molecule has 1 aromatic carbocycles. The van der Waals surface area contributed by atoms with Gasteiger partial charge in [-0.3, -0.25) is 14.5 Å². The number of ether oxygens (including phenoxy) is 1. The Morgan fingerprint density at radius 1 is 1.29 bits per heavy atom. The lowest BCUT2D eigenvalue weighted by Gasteiger charge is -2.36. The van der Waals surface area contributed by atoms with Crippen molar-refractivity contribution in [2.24, 2.45) is 17.8 Å². The molecule has 1 fully saturated rings. The van der Waals surface area contributed by atoms with Gasteiger partial charge in [0.05, 0.1) is 35.2 Å². The molecule has 2 amide bonds. The number of likely N-dealkylation sites (tertiary alicyclic amines) is 1. The molecular weight excluding hydrogens is 561 g/mol. The molecule has 1 saturated heterocycles. The zero-order valence-electron chi connectivity index (χ0n) is 20.9. The Bertz CT molecular complexity index is 1030. The Morgan fingerprint density at radius 2 is 2.00 bits per heavy atom. The number of aliphatic hydroxyl groups excluding tert-OH is 2. The summed E-state index contributed by atoms with van der Waals surface area (Å²) in [6.07, 6.45) is 5.21. The summed E-state index contributed by atoms with van der Waals surface area (Å²) in [5, 5.41) is 31.7. The van der Waals surface area contributed by atoms with Crippen molar-refractivity contribution in [3.63, 3.8) is 0 Å². The fourth-order valence-electron chi connectivity index (χ4n) is 5.55. The summed E-state index contributed by atoms with van der Waals surface area (Å²) in [6.45, 7) is 3.84. The van der Waals surface area contributed by atoms with Crippen molar-refractivity contribution >= 4 is 40.5 Å². The highest BCUT2D eigenvalue weighted by Crippen LogP contribution is 2.47. The van der Waals surface area contributed by atoms with E-state index < -0.39 is 23.9 Å². The number of hydrogen-bond donors (Lipinski definition) is 3. The van der Waals surface area contributed by atoms with E-state index in [1.807, 2.05) is 12.1 Å². The van der Waals surface area contributed by atoms with Crippen LogP contribution in [0, 0.1) is 21.3 Å². The number of fused-ring (bicyclic) bond motifs is 1. The molecule has 1 aliphatic carbocycles. The average molecular weight is 597 g/mol. The second-order valence-electron chi connectivity index (χ2n) is 9.43. The van der Waals surface area contributed by atoms with E-state index in [4.69, 9.17) is 4.74 Å². The standard InChI is InChI=1S/C27H36INO6/c1-5-7-17-13-18-24(27(34)29(3)26(18)33)19(14-30)23(17)21(31)9-8-15(6-2)10-16-11-20(28)25(32)22(12-16)35-4/h10-12,18-19,21,24,30-32H,5-9,13-14H2,1-4H3/b15-10+/t18-,19+,21-,24-/m1/s1. The van der Waals surface area contributed by atoms with Gasteiger partial charge in [-0.2, -0.15) is 0 Å². The molecule has 0 aromatic heterocycles. The summed E-state index contributed by atoms with van der Waals surface area (Å²) in [4.78, 5) is 26.7. The maximum absolute atomic E-state index is 12.8. The Labute approximate surface area is 221 Å². The fraction of sp³-hybridized carbons (Fsp3) is 0.556. The number of amides is 2. The first-order chi connectivity index (χ1) is 16.7. The predicted molar refractivity (Wildman–Crippen MR) is 143 cm³/mol. The monoisotopic (exact) mass is 597 g/mol. The van der Waals surface area contributed by atoms with E-state index in [1.54, 1.807) is 6.07 Å². The molecule has 192 valence electrons. The van der Waals surface area contributed by atoms with Gasteiger partial charge in [-0.25, -0.2) is 0 Å². The molecule has 7 nitrogen and oxygen atoms in total. The van der Waals surface area contributed by atoms with Crippen molar-refractivity contribution in [2.75, 3.05) is 20.8 Å².